The molecule has 218 valence electrons. The summed E-state index contributed by atoms with van der Waals surface area (Å²) in [5, 5.41) is 5.23. The van der Waals surface area contributed by atoms with E-state index in [2.05, 4.69) is 22.2 Å². The van der Waals surface area contributed by atoms with Crippen molar-refractivity contribution < 1.29 is 18.7 Å². The molecule has 0 radical (unpaired) electrons. The fraction of sp³-hybridized carbons (Fsp3) is 0.375. The predicted octanol–water partition coefficient (Wildman–Crippen LogP) is 3.91. The number of hydrogen-bond donors (Lipinski definition) is 1. The number of carbonyl (C=O) groups excluding carboxylic acids is 1. The molecule has 2 fully saturated rings. The van der Waals surface area contributed by atoms with E-state index in [9.17, 15) is 9.59 Å². The third kappa shape index (κ3) is 4.69. The second-order valence-electron chi connectivity index (χ2n) is 11.3. The Morgan fingerprint density at radius 2 is 1.76 bits per heavy atom. The van der Waals surface area contributed by atoms with Gasteiger partial charge in [-0.25, -0.2) is 4.39 Å². The number of nitrogens with zero attached hydrogens (tertiary/aromatic N) is 4. The van der Waals surface area contributed by atoms with E-state index in [1.54, 1.807) is 11.1 Å². The molecule has 0 spiro atoms. The van der Waals surface area contributed by atoms with Gasteiger partial charge in [-0.3, -0.25) is 9.59 Å². The number of morpholine rings is 1. The second kappa shape index (κ2) is 11.0. The van der Waals surface area contributed by atoms with Gasteiger partial charge in [0.15, 0.2) is 17.3 Å². The van der Waals surface area contributed by atoms with Crippen molar-refractivity contribution in [2.45, 2.75) is 6.42 Å². The van der Waals surface area contributed by atoms with Crippen molar-refractivity contribution in [2.75, 3.05) is 77.9 Å². The Balaban J connectivity index is 1.31. The van der Waals surface area contributed by atoms with Crippen molar-refractivity contribution in [1.82, 2.24) is 19.3 Å². The maximum Gasteiger partial charge on any atom is 0.259 e. The Morgan fingerprint density at radius 1 is 0.976 bits per heavy atom. The Morgan fingerprint density at radius 3 is 2.57 bits per heavy atom. The van der Waals surface area contributed by atoms with Gasteiger partial charge in [0.2, 0.25) is 5.43 Å². The summed E-state index contributed by atoms with van der Waals surface area (Å²) in [7, 11) is 2.13. The number of pyridine rings is 1. The monoisotopic (exact) mass is 571 g/mol. The standard InChI is InChI=1S/C32H34FN5O4/c1-35-11-13-36(14-12-35)10-4-9-34-27-25(33)19-23-28-31(27)42-30-22-6-3-2-5-21(22)7-8-26(30)38(28)20-24(29(23)39)32(40)37-15-17-41-18-16-37/h2-3,5-8,19-20,34H,4,9-18H2,1H3. The number of benzene rings is 3. The number of ether oxygens (including phenoxy) is 2. The van der Waals surface area contributed by atoms with Gasteiger partial charge in [0, 0.05) is 57.4 Å². The number of aromatic nitrogens is 1. The predicted molar refractivity (Wildman–Crippen MR) is 161 cm³/mol. The highest BCUT2D eigenvalue weighted by Gasteiger charge is 2.31. The van der Waals surface area contributed by atoms with Crippen LogP contribution in [0.4, 0.5) is 10.1 Å². The zero-order valence-corrected chi connectivity index (χ0v) is 23.7. The molecule has 2 saturated heterocycles. The van der Waals surface area contributed by atoms with Gasteiger partial charge in [-0.05, 0) is 37.5 Å². The Bertz CT molecular complexity index is 1740. The Hall–Kier alpha value is -3.99. The molecule has 0 bridgehead atoms. The average molecular weight is 572 g/mol. The highest BCUT2D eigenvalue weighted by Crippen LogP contribution is 2.47. The summed E-state index contributed by atoms with van der Waals surface area (Å²) >= 11 is 0. The van der Waals surface area contributed by atoms with Gasteiger partial charge in [-0.15, -0.1) is 0 Å². The first-order valence-corrected chi connectivity index (χ1v) is 14.6. The molecule has 1 N–H and O–H groups in total. The molecule has 4 aromatic rings. The maximum absolute atomic E-state index is 15.9. The van der Waals surface area contributed by atoms with E-state index in [0.717, 1.165) is 49.9 Å². The van der Waals surface area contributed by atoms with Gasteiger partial charge in [0.1, 0.15) is 16.8 Å². The molecule has 0 unspecified atom stereocenters. The summed E-state index contributed by atoms with van der Waals surface area (Å²) in [5.41, 5.74) is 0.856. The second-order valence-corrected chi connectivity index (χ2v) is 11.3. The molecule has 0 saturated carbocycles. The number of likely N-dealkylation sites (N-methyl/N-ethyl adjacent to an activating group) is 1. The minimum Gasteiger partial charge on any atom is -0.450 e. The number of nitrogens with one attached hydrogen (secondary N) is 1. The number of halogens is 1. The summed E-state index contributed by atoms with van der Waals surface area (Å²) in [6.45, 7) is 7.24. The lowest BCUT2D eigenvalue weighted by Crippen LogP contribution is -2.44. The number of hydrogen-bond acceptors (Lipinski definition) is 7. The summed E-state index contributed by atoms with van der Waals surface area (Å²) in [4.78, 5) is 33.7. The number of piperazine rings is 1. The topological polar surface area (TPSA) is 79.3 Å². The fourth-order valence-electron chi connectivity index (χ4n) is 6.19. The van der Waals surface area contributed by atoms with E-state index < -0.39 is 11.2 Å². The van der Waals surface area contributed by atoms with Crippen LogP contribution in [0.2, 0.25) is 0 Å². The molecule has 4 heterocycles. The Kier molecular flexibility index (Phi) is 7.05. The van der Waals surface area contributed by atoms with Crippen molar-refractivity contribution in [1.29, 1.82) is 0 Å². The molecule has 0 atom stereocenters. The average Bonchev–Trinajstić information content (AvgIpc) is 3.02. The van der Waals surface area contributed by atoms with Crippen molar-refractivity contribution in [3.8, 4) is 17.2 Å². The van der Waals surface area contributed by atoms with Crippen LogP contribution in [0.15, 0.2) is 53.5 Å². The van der Waals surface area contributed by atoms with Crippen LogP contribution in [0.1, 0.15) is 16.8 Å². The first-order chi connectivity index (χ1) is 20.5. The number of amides is 1. The van der Waals surface area contributed by atoms with Gasteiger partial charge < -0.3 is 34.1 Å². The molecule has 7 rings (SSSR count). The summed E-state index contributed by atoms with van der Waals surface area (Å²) < 4.78 is 29.6. The van der Waals surface area contributed by atoms with E-state index in [-0.39, 0.29) is 28.3 Å². The molecule has 1 aromatic heterocycles. The number of fused-ring (bicyclic) bond motifs is 4. The zero-order chi connectivity index (χ0) is 28.8. The molecular weight excluding hydrogens is 537 g/mol. The third-order valence-corrected chi connectivity index (χ3v) is 8.60. The number of carbonyl (C=O) groups is 1. The van der Waals surface area contributed by atoms with Crippen LogP contribution in [0.5, 0.6) is 11.5 Å². The summed E-state index contributed by atoms with van der Waals surface area (Å²) in [5.74, 6) is -0.145. The van der Waals surface area contributed by atoms with Crippen LogP contribution in [0, 0.1) is 5.82 Å². The third-order valence-electron chi connectivity index (χ3n) is 8.60. The van der Waals surface area contributed by atoms with Gasteiger partial charge in [0.05, 0.1) is 24.3 Å². The van der Waals surface area contributed by atoms with E-state index in [1.165, 1.54) is 6.07 Å². The van der Waals surface area contributed by atoms with Crippen LogP contribution in [-0.2, 0) is 4.74 Å². The quantitative estimate of drug-likeness (QED) is 0.310. The van der Waals surface area contributed by atoms with Crippen LogP contribution in [0.25, 0.3) is 27.4 Å². The SMILES string of the molecule is CN1CCN(CCCNc2c(F)cc3c(=O)c(C(=O)N4CCOCC4)cn4c3c2Oc2c-4ccc3ccccc23)CC1. The minimum atomic E-state index is -0.583. The van der Waals surface area contributed by atoms with Crippen LogP contribution in [-0.4, -0.2) is 97.8 Å². The van der Waals surface area contributed by atoms with Gasteiger partial charge >= 0.3 is 0 Å². The van der Waals surface area contributed by atoms with E-state index >= 15 is 4.39 Å². The summed E-state index contributed by atoms with van der Waals surface area (Å²) in [6.07, 6.45) is 2.43. The van der Waals surface area contributed by atoms with E-state index in [1.807, 2.05) is 41.0 Å². The molecule has 3 aliphatic rings. The largest absolute Gasteiger partial charge is 0.450 e. The van der Waals surface area contributed by atoms with Crippen molar-refractivity contribution >= 4 is 33.3 Å². The molecule has 10 heteroatoms. The van der Waals surface area contributed by atoms with Crippen molar-refractivity contribution in [3.05, 3.63) is 70.3 Å². The normalized spacial score (nSPS) is 17.3. The van der Waals surface area contributed by atoms with E-state index in [0.29, 0.717) is 49.8 Å². The molecule has 3 aliphatic heterocycles. The highest BCUT2D eigenvalue weighted by atomic mass is 19.1. The molecule has 0 aliphatic carbocycles. The van der Waals surface area contributed by atoms with E-state index in [4.69, 9.17) is 9.47 Å². The van der Waals surface area contributed by atoms with Gasteiger partial charge in [0.25, 0.3) is 5.91 Å². The Labute approximate surface area is 243 Å². The summed E-state index contributed by atoms with van der Waals surface area (Å²) in [6, 6.07) is 13.0. The molecular formula is C32H34FN5O4. The maximum atomic E-state index is 15.9. The molecule has 1 amide bonds. The van der Waals surface area contributed by atoms with Crippen molar-refractivity contribution in [2.24, 2.45) is 0 Å². The lowest BCUT2D eigenvalue weighted by molar-refractivity contribution is 0.0302. The number of anilines is 1. The number of rotatable bonds is 6. The van der Waals surface area contributed by atoms with Crippen LogP contribution in [0.3, 0.4) is 0 Å². The molecule has 3 aromatic carbocycles. The molecule has 9 nitrogen and oxygen atoms in total. The first kappa shape index (κ1) is 26.9. The fourth-order valence-corrected chi connectivity index (χ4v) is 6.19. The smallest absolute Gasteiger partial charge is 0.259 e. The first-order valence-electron chi connectivity index (χ1n) is 14.6. The van der Waals surface area contributed by atoms with Crippen LogP contribution >= 0.6 is 0 Å². The highest BCUT2D eigenvalue weighted by molar-refractivity contribution is 6.03. The molecule has 42 heavy (non-hydrogen) atoms. The van der Waals surface area contributed by atoms with Gasteiger partial charge in [-0.1, -0.05) is 30.3 Å². The minimum absolute atomic E-state index is 0.00337. The van der Waals surface area contributed by atoms with Gasteiger partial charge in [-0.2, -0.15) is 0 Å². The lowest BCUT2D eigenvalue weighted by atomic mass is 10.0. The van der Waals surface area contributed by atoms with Crippen molar-refractivity contribution in [3.63, 3.8) is 0 Å². The lowest BCUT2D eigenvalue weighted by Gasteiger charge is -2.32. The zero-order valence-electron chi connectivity index (χ0n) is 23.7. The van der Waals surface area contributed by atoms with Crippen LogP contribution < -0.4 is 15.5 Å².